The summed E-state index contributed by atoms with van der Waals surface area (Å²) in [6.07, 6.45) is 5.03. The molecule has 0 atom stereocenters. The summed E-state index contributed by atoms with van der Waals surface area (Å²) in [6, 6.07) is 0. The number of carbonyl (C=O) groups is 3. The van der Waals surface area contributed by atoms with E-state index >= 15 is 0 Å². The Bertz CT molecular complexity index is 312. The Morgan fingerprint density at radius 3 is 2.53 bits per heavy atom. The zero-order chi connectivity index (χ0) is 11.3. The van der Waals surface area contributed by atoms with Crippen molar-refractivity contribution in [3.05, 3.63) is 11.0 Å². The molecule has 1 heterocycles. The Morgan fingerprint density at radius 2 is 2.00 bits per heavy atom. The van der Waals surface area contributed by atoms with Crippen molar-refractivity contribution >= 4 is 30.7 Å². The largest absolute Gasteiger partial charge is 0.303 e. The molecule has 0 bridgehead atoms. The number of amides is 2. The highest BCUT2D eigenvalue weighted by molar-refractivity contribution is 7.85. The zero-order valence-corrected chi connectivity index (χ0v) is 9.20. The van der Waals surface area contributed by atoms with E-state index < -0.39 is 0 Å². The van der Waals surface area contributed by atoms with Crippen LogP contribution < -0.4 is 0 Å². The fourth-order valence-electron chi connectivity index (χ4n) is 1.38. The highest BCUT2D eigenvalue weighted by atomic mass is 32.1. The number of unbranched alkanes of at least 4 members (excludes halogenated alkanes) is 3. The van der Waals surface area contributed by atoms with Crippen LogP contribution in [0.3, 0.4) is 0 Å². The number of rotatable bonds is 6. The van der Waals surface area contributed by atoms with Crippen LogP contribution in [0.4, 0.5) is 0 Å². The molecular formula is C10H13NO3S. The number of nitrogens with zero attached hydrogens (tertiary/aromatic N) is 1. The molecule has 0 unspecified atom stereocenters. The van der Waals surface area contributed by atoms with E-state index in [0.717, 1.165) is 25.5 Å². The van der Waals surface area contributed by atoms with Crippen LogP contribution in [0.2, 0.25) is 0 Å². The molecule has 0 aromatic carbocycles. The van der Waals surface area contributed by atoms with Crippen LogP contribution in [0.1, 0.15) is 25.7 Å². The predicted molar refractivity (Wildman–Crippen MR) is 58.3 cm³/mol. The fraction of sp³-hybridized carbons (Fsp3) is 0.500. The Hall–Kier alpha value is -1.10. The van der Waals surface area contributed by atoms with Crippen molar-refractivity contribution in [2.75, 3.05) is 6.54 Å². The molecule has 0 spiro atoms. The van der Waals surface area contributed by atoms with E-state index in [1.54, 1.807) is 0 Å². The summed E-state index contributed by atoms with van der Waals surface area (Å²) >= 11 is 3.89. The summed E-state index contributed by atoms with van der Waals surface area (Å²) < 4.78 is 0. The Labute approximate surface area is 93.7 Å². The van der Waals surface area contributed by atoms with Crippen LogP contribution in [-0.2, 0) is 14.4 Å². The first-order chi connectivity index (χ1) is 7.16. The van der Waals surface area contributed by atoms with E-state index in [1.807, 2.05) is 0 Å². The summed E-state index contributed by atoms with van der Waals surface area (Å²) in [5.41, 5.74) is 0. The summed E-state index contributed by atoms with van der Waals surface area (Å²) in [7, 11) is 0. The Morgan fingerprint density at radius 1 is 1.27 bits per heavy atom. The minimum atomic E-state index is -0.321. The Balaban J connectivity index is 2.26. The summed E-state index contributed by atoms with van der Waals surface area (Å²) in [6.45, 7) is 0.414. The van der Waals surface area contributed by atoms with Crippen molar-refractivity contribution in [2.24, 2.45) is 0 Å². The predicted octanol–water partition coefficient (Wildman–Crippen LogP) is 0.928. The second-order valence-corrected chi connectivity index (χ2v) is 3.82. The van der Waals surface area contributed by atoms with Gasteiger partial charge in [-0.05, 0) is 12.8 Å². The average Bonchev–Trinajstić information content (AvgIpc) is 2.44. The van der Waals surface area contributed by atoms with Crippen LogP contribution >= 0.6 is 12.6 Å². The summed E-state index contributed by atoms with van der Waals surface area (Å²) in [5.74, 6) is -0.612. The smallest absolute Gasteiger partial charge is 0.267 e. The van der Waals surface area contributed by atoms with Gasteiger partial charge in [-0.2, -0.15) is 0 Å². The lowest BCUT2D eigenvalue weighted by molar-refractivity contribution is -0.137. The van der Waals surface area contributed by atoms with Crippen LogP contribution in [0.15, 0.2) is 11.0 Å². The summed E-state index contributed by atoms with van der Waals surface area (Å²) in [4.78, 5) is 34.0. The number of hydrogen-bond donors (Lipinski definition) is 1. The van der Waals surface area contributed by atoms with E-state index in [2.05, 4.69) is 12.6 Å². The third-order valence-electron chi connectivity index (χ3n) is 2.19. The number of thiol groups is 1. The van der Waals surface area contributed by atoms with Crippen molar-refractivity contribution in [2.45, 2.75) is 25.7 Å². The molecule has 0 saturated heterocycles. The third-order valence-corrected chi connectivity index (χ3v) is 2.51. The standard InChI is InChI=1S/C10H13NO3S/c12-6-4-2-1-3-5-11-9(13)7-8(15)10(11)14/h6-7,15H,1-5H2. The molecule has 0 saturated carbocycles. The molecule has 0 aliphatic carbocycles. The highest BCUT2D eigenvalue weighted by Crippen LogP contribution is 2.16. The molecule has 0 fully saturated rings. The van der Waals surface area contributed by atoms with Crippen LogP contribution in [0.5, 0.6) is 0 Å². The van der Waals surface area contributed by atoms with Gasteiger partial charge in [0.2, 0.25) is 0 Å². The van der Waals surface area contributed by atoms with E-state index in [4.69, 9.17) is 0 Å². The quantitative estimate of drug-likeness (QED) is 0.318. The van der Waals surface area contributed by atoms with Crippen molar-refractivity contribution in [3.8, 4) is 0 Å². The van der Waals surface area contributed by atoms with Crippen LogP contribution in [0, 0.1) is 0 Å². The van der Waals surface area contributed by atoms with Gasteiger partial charge < -0.3 is 4.79 Å². The zero-order valence-electron chi connectivity index (χ0n) is 8.31. The monoisotopic (exact) mass is 227 g/mol. The first-order valence-electron chi connectivity index (χ1n) is 4.87. The highest BCUT2D eigenvalue weighted by Gasteiger charge is 2.28. The molecule has 82 valence electrons. The van der Waals surface area contributed by atoms with Crippen molar-refractivity contribution in [1.29, 1.82) is 0 Å². The lowest BCUT2D eigenvalue weighted by Gasteiger charge is -2.13. The second-order valence-electron chi connectivity index (χ2n) is 3.34. The maximum Gasteiger partial charge on any atom is 0.267 e. The number of hydrogen-bond acceptors (Lipinski definition) is 4. The molecule has 1 aliphatic heterocycles. The van der Waals surface area contributed by atoms with Gasteiger partial charge in [-0.1, -0.05) is 6.42 Å². The lowest BCUT2D eigenvalue weighted by atomic mass is 10.2. The van der Waals surface area contributed by atoms with Gasteiger partial charge in [-0.25, -0.2) is 0 Å². The fourth-order valence-corrected chi connectivity index (χ4v) is 1.61. The molecule has 4 nitrogen and oxygen atoms in total. The van der Waals surface area contributed by atoms with Crippen LogP contribution in [-0.4, -0.2) is 29.5 Å². The minimum Gasteiger partial charge on any atom is -0.303 e. The van der Waals surface area contributed by atoms with Crippen molar-refractivity contribution in [1.82, 2.24) is 4.90 Å². The van der Waals surface area contributed by atoms with E-state index in [9.17, 15) is 14.4 Å². The molecule has 0 aromatic heterocycles. The average molecular weight is 227 g/mol. The second kappa shape index (κ2) is 5.70. The van der Waals surface area contributed by atoms with E-state index in [1.165, 1.54) is 11.0 Å². The topological polar surface area (TPSA) is 54.5 Å². The normalized spacial score (nSPS) is 15.8. The van der Waals surface area contributed by atoms with E-state index in [0.29, 0.717) is 13.0 Å². The van der Waals surface area contributed by atoms with Gasteiger partial charge in [0.25, 0.3) is 11.8 Å². The molecule has 0 aromatic rings. The first-order valence-corrected chi connectivity index (χ1v) is 5.31. The number of aldehydes is 1. The minimum absolute atomic E-state index is 0.202. The summed E-state index contributed by atoms with van der Waals surface area (Å²) in [5, 5.41) is 0. The van der Waals surface area contributed by atoms with Crippen molar-refractivity contribution < 1.29 is 14.4 Å². The van der Waals surface area contributed by atoms with Crippen LogP contribution in [0.25, 0.3) is 0 Å². The van der Waals surface area contributed by atoms with Gasteiger partial charge in [0, 0.05) is 19.0 Å². The van der Waals surface area contributed by atoms with Crippen molar-refractivity contribution in [3.63, 3.8) is 0 Å². The molecule has 0 N–H and O–H groups in total. The van der Waals surface area contributed by atoms with Gasteiger partial charge in [-0.3, -0.25) is 14.5 Å². The molecule has 15 heavy (non-hydrogen) atoms. The molecule has 1 aliphatic rings. The SMILES string of the molecule is O=CCCCCCN1C(=O)C=C(S)C1=O. The molecular weight excluding hydrogens is 214 g/mol. The molecule has 2 amide bonds. The molecule has 5 heteroatoms. The third kappa shape index (κ3) is 3.20. The first kappa shape index (κ1) is 12.0. The van der Waals surface area contributed by atoms with Gasteiger partial charge in [0.1, 0.15) is 6.29 Å². The van der Waals surface area contributed by atoms with Gasteiger partial charge in [0.15, 0.2) is 0 Å². The molecule has 1 rings (SSSR count). The number of carbonyl (C=O) groups excluding carboxylic acids is 3. The molecule has 0 radical (unpaired) electrons. The van der Waals surface area contributed by atoms with E-state index in [-0.39, 0.29) is 16.7 Å². The maximum absolute atomic E-state index is 11.3. The van der Waals surface area contributed by atoms with Gasteiger partial charge in [0.05, 0.1) is 4.91 Å². The van der Waals surface area contributed by atoms with Gasteiger partial charge >= 0.3 is 0 Å². The Kier molecular flexibility index (Phi) is 4.55. The lowest BCUT2D eigenvalue weighted by Crippen LogP contribution is -2.31. The van der Waals surface area contributed by atoms with Gasteiger partial charge in [-0.15, -0.1) is 12.6 Å². The maximum atomic E-state index is 11.3. The number of imide groups is 1.